The molecule has 8 heteroatoms. The van der Waals surface area contributed by atoms with Gasteiger partial charge in [-0.15, -0.1) is 0 Å². The number of nitrogens with zero attached hydrogens (tertiary/aromatic N) is 2. The lowest BCUT2D eigenvalue weighted by molar-refractivity contribution is -0.139. The molecule has 0 aromatic heterocycles. The fraction of sp³-hybridized carbons (Fsp3) is 0.310. The molecular formula is C29H35N3O4S. The summed E-state index contributed by atoms with van der Waals surface area (Å²) >= 11 is 0. The fourth-order valence-corrected chi connectivity index (χ4v) is 5.47. The first-order valence-electron chi connectivity index (χ1n) is 12.4. The highest BCUT2D eigenvalue weighted by atomic mass is 32.2. The zero-order valence-electron chi connectivity index (χ0n) is 21.8. The molecule has 0 aliphatic heterocycles. The van der Waals surface area contributed by atoms with Crippen molar-refractivity contribution in [1.29, 1.82) is 0 Å². The van der Waals surface area contributed by atoms with Gasteiger partial charge in [0.1, 0.15) is 12.6 Å². The summed E-state index contributed by atoms with van der Waals surface area (Å²) in [6.45, 7) is 7.53. The quantitative estimate of drug-likeness (QED) is 0.404. The van der Waals surface area contributed by atoms with Gasteiger partial charge in [0.05, 0.1) is 10.6 Å². The molecule has 2 amide bonds. The van der Waals surface area contributed by atoms with Gasteiger partial charge in [-0.3, -0.25) is 13.9 Å². The minimum absolute atomic E-state index is 0.0899. The summed E-state index contributed by atoms with van der Waals surface area (Å²) in [4.78, 5) is 28.3. The monoisotopic (exact) mass is 521 g/mol. The van der Waals surface area contributed by atoms with Crippen LogP contribution in [-0.4, -0.2) is 44.3 Å². The number of aryl methyl sites for hydroxylation is 2. The van der Waals surface area contributed by atoms with Crippen molar-refractivity contribution >= 4 is 27.5 Å². The van der Waals surface area contributed by atoms with Gasteiger partial charge >= 0.3 is 0 Å². The van der Waals surface area contributed by atoms with E-state index in [1.54, 1.807) is 31.2 Å². The smallest absolute Gasteiger partial charge is 0.264 e. The van der Waals surface area contributed by atoms with Gasteiger partial charge in [-0.05, 0) is 62.1 Å². The van der Waals surface area contributed by atoms with Crippen LogP contribution < -0.4 is 9.62 Å². The zero-order valence-corrected chi connectivity index (χ0v) is 22.7. The van der Waals surface area contributed by atoms with Crippen LogP contribution in [0.2, 0.25) is 0 Å². The molecule has 0 aliphatic rings. The molecule has 7 nitrogen and oxygen atoms in total. The van der Waals surface area contributed by atoms with Crippen molar-refractivity contribution in [2.45, 2.75) is 51.6 Å². The van der Waals surface area contributed by atoms with Gasteiger partial charge in [-0.25, -0.2) is 8.42 Å². The van der Waals surface area contributed by atoms with Crippen molar-refractivity contribution in [3.05, 3.63) is 95.6 Å². The number of benzene rings is 3. The van der Waals surface area contributed by atoms with E-state index in [9.17, 15) is 18.0 Å². The van der Waals surface area contributed by atoms with Gasteiger partial charge in [0.15, 0.2) is 0 Å². The number of hydrogen-bond acceptors (Lipinski definition) is 4. The van der Waals surface area contributed by atoms with Crippen LogP contribution in [0.4, 0.5) is 5.69 Å². The van der Waals surface area contributed by atoms with E-state index in [-0.39, 0.29) is 17.3 Å². The first kappa shape index (κ1) is 27.9. The number of anilines is 1. The van der Waals surface area contributed by atoms with Crippen molar-refractivity contribution in [1.82, 2.24) is 10.2 Å². The lowest BCUT2D eigenvalue weighted by atomic mass is 10.1. The van der Waals surface area contributed by atoms with E-state index in [0.29, 0.717) is 12.2 Å². The molecule has 1 unspecified atom stereocenters. The van der Waals surface area contributed by atoms with E-state index in [1.807, 2.05) is 63.2 Å². The maximum Gasteiger partial charge on any atom is 0.264 e. The second kappa shape index (κ2) is 12.5. The Morgan fingerprint density at radius 1 is 0.919 bits per heavy atom. The van der Waals surface area contributed by atoms with E-state index in [0.717, 1.165) is 27.4 Å². The van der Waals surface area contributed by atoms with Crippen LogP contribution in [0, 0.1) is 13.8 Å². The van der Waals surface area contributed by atoms with Crippen LogP contribution in [0.15, 0.2) is 83.8 Å². The summed E-state index contributed by atoms with van der Waals surface area (Å²) in [6, 6.07) is 22.1. The highest BCUT2D eigenvalue weighted by Gasteiger charge is 2.33. The van der Waals surface area contributed by atoms with Crippen molar-refractivity contribution in [2.24, 2.45) is 0 Å². The van der Waals surface area contributed by atoms with E-state index in [4.69, 9.17) is 0 Å². The second-order valence-electron chi connectivity index (χ2n) is 9.09. The molecule has 0 heterocycles. The van der Waals surface area contributed by atoms with Gasteiger partial charge in [0.2, 0.25) is 11.8 Å². The Bertz CT molecular complexity index is 1310. The molecule has 1 N–H and O–H groups in total. The normalized spacial score (nSPS) is 12.0. The van der Waals surface area contributed by atoms with E-state index < -0.39 is 28.5 Å². The standard InChI is InChI=1S/C29H35N3O4S/c1-5-18-30-29(34)24(4)31(20-25-12-8-6-9-13-25)28(33)21-32(27-19-22(2)16-17-23(27)3)37(35,36)26-14-10-7-11-15-26/h6-17,19,24H,5,18,20-21H2,1-4H3,(H,30,34). The average Bonchev–Trinajstić information content (AvgIpc) is 2.91. The minimum atomic E-state index is -4.07. The molecule has 0 saturated heterocycles. The summed E-state index contributed by atoms with van der Waals surface area (Å²) in [5, 5.41) is 2.85. The molecular weight excluding hydrogens is 486 g/mol. The van der Waals surface area contributed by atoms with Crippen LogP contribution in [0.1, 0.15) is 37.0 Å². The summed E-state index contributed by atoms with van der Waals surface area (Å²) in [7, 11) is -4.07. The molecule has 0 radical (unpaired) electrons. The highest BCUT2D eigenvalue weighted by molar-refractivity contribution is 7.92. The average molecular weight is 522 g/mol. The molecule has 196 valence electrons. The zero-order chi connectivity index (χ0) is 27.0. The lowest BCUT2D eigenvalue weighted by Gasteiger charge is -2.32. The summed E-state index contributed by atoms with van der Waals surface area (Å²) in [6.07, 6.45) is 0.765. The molecule has 37 heavy (non-hydrogen) atoms. The van der Waals surface area contributed by atoms with Gasteiger partial charge in [0, 0.05) is 13.1 Å². The third-order valence-corrected chi connectivity index (χ3v) is 7.93. The Hall–Kier alpha value is -3.65. The van der Waals surface area contributed by atoms with Crippen LogP contribution in [0.25, 0.3) is 0 Å². The molecule has 0 bridgehead atoms. The van der Waals surface area contributed by atoms with Crippen molar-refractivity contribution in [2.75, 3.05) is 17.4 Å². The van der Waals surface area contributed by atoms with Crippen LogP contribution in [0.5, 0.6) is 0 Å². The number of sulfonamides is 1. The number of amides is 2. The molecule has 0 spiro atoms. The van der Waals surface area contributed by atoms with Crippen molar-refractivity contribution in [3.63, 3.8) is 0 Å². The SMILES string of the molecule is CCCNC(=O)C(C)N(Cc1ccccc1)C(=O)CN(c1cc(C)ccc1C)S(=O)(=O)c1ccccc1. The van der Waals surface area contributed by atoms with E-state index in [2.05, 4.69) is 5.32 Å². The topological polar surface area (TPSA) is 86.8 Å². The Labute approximate surface area is 220 Å². The Morgan fingerprint density at radius 3 is 2.16 bits per heavy atom. The maximum absolute atomic E-state index is 13.9. The molecule has 0 fully saturated rings. The molecule has 1 atom stereocenters. The molecule has 0 aliphatic carbocycles. The van der Waals surface area contributed by atoms with Gasteiger partial charge in [-0.1, -0.05) is 67.6 Å². The number of carbonyl (C=O) groups excluding carboxylic acids is 2. The summed E-state index contributed by atoms with van der Waals surface area (Å²) in [5.41, 5.74) is 2.87. The van der Waals surface area contributed by atoms with Crippen molar-refractivity contribution in [3.8, 4) is 0 Å². The number of carbonyl (C=O) groups is 2. The van der Waals surface area contributed by atoms with Crippen LogP contribution in [-0.2, 0) is 26.2 Å². The Morgan fingerprint density at radius 2 is 1.54 bits per heavy atom. The highest BCUT2D eigenvalue weighted by Crippen LogP contribution is 2.28. The number of hydrogen-bond donors (Lipinski definition) is 1. The van der Waals surface area contributed by atoms with E-state index in [1.165, 1.54) is 17.0 Å². The molecule has 0 saturated carbocycles. The maximum atomic E-state index is 13.9. The van der Waals surface area contributed by atoms with E-state index >= 15 is 0 Å². The third kappa shape index (κ3) is 6.98. The first-order valence-corrected chi connectivity index (χ1v) is 13.8. The minimum Gasteiger partial charge on any atom is -0.354 e. The summed E-state index contributed by atoms with van der Waals surface area (Å²) in [5.74, 6) is -0.751. The summed E-state index contributed by atoms with van der Waals surface area (Å²) < 4.78 is 28.8. The third-order valence-electron chi connectivity index (χ3n) is 6.16. The molecule has 3 aromatic rings. The Balaban J connectivity index is 2.04. The fourth-order valence-electron chi connectivity index (χ4n) is 3.98. The first-order chi connectivity index (χ1) is 17.6. The largest absolute Gasteiger partial charge is 0.354 e. The predicted molar refractivity (Wildman–Crippen MR) is 147 cm³/mol. The molecule has 3 aromatic carbocycles. The second-order valence-corrected chi connectivity index (χ2v) is 11.0. The molecule has 3 rings (SSSR count). The van der Waals surface area contributed by atoms with Gasteiger partial charge in [-0.2, -0.15) is 0 Å². The van der Waals surface area contributed by atoms with Crippen molar-refractivity contribution < 1.29 is 18.0 Å². The predicted octanol–water partition coefficient (Wildman–Crippen LogP) is 4.44. The Kier molecular flexibility index (Phi) is 9.47. The van der Waals surface area contributed by atoms with Gasteiger partial charge in [0.25, 0.3) is 10.0 Å². The van der Waals surface area contributed by atoms with Crippen LogP contribution >= 0.6 is 0 Å². The number of nitrogens with one attached hydrogen (secondary N) is 1. The lowest BCUT2D eigenvalue weighted by Crippen LogP contribution is -2.51. The van der Waals surface area contributed by atoms with Gasteiger partial charge < -0.3 is 10.2 Å². The number of rotatable bonds is 11. The van der Waals surface area contributed by atoms with Crippen LogP contribution in [0.3, 0.4) is 0 Å².